The van der Waals surface area contributed by atoms with Crippen LogP contribution in [0, 0.1) is 17.9 Å². The first-order valence-corrected chi connectivity index (χ1v) is 5.03. The molecule has 0 aromatic heterocycles. The van der Waals surface area contributed by atoms with Crippen molar-refractivity contribution in [3.63, 3.8) is 0 Å². The smallest absolute Gasteiger partial charge is 0.262 e. The Bertz CT molecular complexity index is 540. The molecule has 18 heavy (non-hydrogen) atoms. The van der Waals surface area contributed by atoms with E-state index in [0.717, 1.165) is 5.56 Å². The molecule has 0 N–H and O–H groups in total. The highest BCUT2D eigenvalue weighted by Crippen LogP contribution is 2.14. The van der Waals surface area contributed by atoms with Crippen LogP contribution in [0.1, 0.15) is 5.56 Å². The number of ether oxygens (including phenoxy) is 1. The number of benzene rings is 1. The van der Waals surface area contributed by atoms with Crippen molar-refractivity contribution in [2.24, 2.45) is 5.11 Å². The summed E-state index contributed by atoms with van der Waals surface area (Å²) in [5.41, 5.74) is 8.87. The number of hydrogen-bond acceptors (Lipinski definition) is 3. The van der Waals surface area contributed by atoms with Crippen LogP contribution in [0.25, 0.3) is 21.4 Å². The van der Waals surface area contributed by atoms with Gasteiger partial charge in [0, 0.05) is 4.91 Å². The molecule has 0 aliphatic heterocycles. The average Bonchev–Trinajstić information content (AvgIpc) is 2.42. The Morgan fingerprint density at radius 2 is 2.22 bits per heavy atom. The molecule has 0 saturated heterocycles. The Morgan fingerprint density at radius 1 is 1.50 bits per heavy atom. The van der Waals surface area contributed by atoms with E-state index in [2.05, 4.69) is 14.9 Å². The van der Waals surface area contributed by atoms with E-state index in [-0.39, 0.29) is 12.2 Å². The predicted molar refractivity (Wildman–Crippen MR) is 66.1 cm³/mol. The van der Waals surface area contributed by atoms with Crippen molar-refractivity contribution in [2.45, 2.75) is 0 Å². The summed E-state index contributed by atoms with van der Waals surface area (Å²) in [5.74, 6) is 0.640. The molecule has 88 valence electrons. The van der Waals surface area contributed by atoms with Gasteiger partial charge in [0.1, 0.15) is 5.75 Å². The second-order valence-corrected chi connectivity index (χ2v) is 3.13. The van der Waals surface area contributed by atoms with E-state index in [9.17, 15) is 0 Å². The molecule has 6 heteroatoms. The highest BCUT2D eigenvalue weighted by Gasteiger charge is 1.96. The first-order chi connectivity index (χ1) is 8.80. The Balaban J connectivity index is 2.64. The zero-order chi connectivity index (χ0) is 13.2. The standard InChI is InChI=1S/C12H9N5O/c1-15-11(9-13)8-10-2-4-12(5-3-10)18-7-6-16-17-14/h2-5,8H,6-7H2. The van der Waals surface area contributed by atoms with Gasteiger partial charge >= 0.3 is 0 Å². The van der Waals surface area contributed by atoms with Crippen molar-refractivity contribution in [1.29, 1.82) is 5.26 Å². The van der Waals surface area contributed by atoms with Crippen LogP contribution in [0.4, 0.5) is 0 Å². The molecule has 6 nitrogen and oxygen atoms in total. The van der Waals surface area contributed by atoms with Crippen molar-refractivity contribution in [2.75, 3.05) is 13.2 Å². The second kappa shape index (κ2) is 7.34. The van der Waals surface area contributed by atoms with Crippen LogP contribution in [0.2, 0.25) is 0 Å². The molecule has 1 aromatic carbocycles. The Kier molecular flexibility index (Phi) is 5.35. The number of allylic oxidation sites excluding steroid dienone is 1. The molecule has 0 amide bonds. The Hall–Kier alpha value is -2.95. The van der Waals surface area contributed by atoms with Gasteiger partial charge < -0.3 is 4.74 Å². The lowest BCUT2D eigenvalue weighted by atomic mass is 10.2. The van der Waals surface area contributed by atoms with Gasteiger partial charge in [-0.1, -0.05) is 17.2 Å². The van der Waals surface area contributed by atoms with Crippen LogP contribution in [-0.2, 0) is 0 Å². The number of nitriles is 1. The van der Waals surface area contributed by atoms with Crippen LogP contribution in [-0.4, -0.2) is 13.2 Å². The van der Waals surface area contributed by atoms with Gasteiger partial charge in [-0.25, -0.2) is 10.1 Å². The number of rotatable bonds is 5. The van der Waals surface area contributed by atoms with Crippen LogP contribution in [0.3, 0.4) is 0 Å². The quantitative estimate of drug-likeness (QED) is 0.197. The van der Waals surface area contributed by atoms with Crippen LogP contribution >= 0.6 is 0 Å². The van der Waals surface area contributed by atoms with E-state index in [0.29, 0.717) is 12.4 Å². The maximum atomic E-state index is 8.61. The topological polar surface area (TPSA) is 86.1 Å². The van der Waals surface area contributed by atoms with Gasteiger partial charge in [0.05, 0.1) is 25.8 Å². The molecule has 0 unspecified atom stereocenters. The molecule has 0 heterocycles. The lowest BCUT2D eigenvalue weighted by Crippen LogP contribution is -1.99. The van der Waals surface area contributed by atoms with Gasteiger partial charge in [0.2, 0.25) is 0 Å². The van der Waals surface area contributed by atoms with Crippen LogP contribution in [0.15, 0.2) is 35.1 Å². The monoisotopic (exact) mass is 239 g/mol. The highest BCUT2D eigenvalue weighted by atomic mass is 16.5. The van der Waals surface area contributed by atoms with E-state index in [1.54, 1.807) is 30.3 Å². The zero-order valence-corrected chi connectivity index (χ0v) is 9.45. The van der Waals surface area contributed by atoms with Crippen molar-refractivity contribution in [3.8, 4) is 11.8 Å². The van der Waals surface area contributed by atoms with Crippen molar-refractivity contribution >= 4 is 6.08 Å². The highest BCUT2D eigenvalue weighted by molar-refractivity contribution is 5.59. The van der Waals surface area contributed by atoms with Gasteiger partial charge in [-0.2, -0.15) is 0 Å². The summed E-state index contributed by atoms with van der Waals surface area (Å²) in [6.45, 7) is 7.33. The first kappa shape index (κ1) is 13.1. The van der Waals surface area contributed by atoms with Crippen LogP contribution < -0.4 is 4.74 Å². The fourth-order valence-electron chi connectivity index (χ4n) is 1.16. The fourth-order valence-corrected chi connectivity index (χ4v) is 1.16. The molecule has 1 rings (SSSR count). The number of nitrogens with zero attached hydrogens (tertiary/aromatic N) is 5. The average molecular weight is 239 g/mol. The van der Waals surface area contributed by atoms with Gasteiger partial charge in [0.15, 0.2) is 0 Å². The molecule has 0 fully saturated rings. The fraction of sp³-hybridized carbons (Fsp3) is 0.167. The maximum absolute atomic E-state index is 8.61. The van der Waals surface area contributed by atoms with E-state index in [1.807, 2.05) is 0 Å². The largest absolute Gasteiger partial charge is 0.493 e. The number of azide groups is 1. The third-order valence-electron chi connectivity index (χ3n) is 1.94. The molecule has 0 spiro atoms. The van der Waals surface area contributed by atoms with Gasteiger partial charge in [-0.3, -0.25) is 0 Å². The summed E-state index contributed by atoms with van der Waals surface area (Å²) in [7, 11) is 0. The lowest BCUT2D eigenvalue weighted by molar-refractivity contribution is 0.328. The summed E-state index contributed by atoms with van der Waals surface area (Å²) in [6.07, 6.45) is 1.50. The lowest BCUT2D eigenvalue weighted by Gasteiger charge is -2.03. The van der Waals surface area contributed by atoms with Gasteiger partial charge in [0.25, 0.3) is 5.70 Å². The minimum Gasteiger partial charge on any atom is -0.493 e. The summed E-state index contributed by atoms with van der Waals surface area (Å²) >= 11 is 0. The van der Waals surface area contributed by atoms with E-state index >= 15 is 0 Å². The van der Waals surface area contributed by atoms with E-state index in [4.69, 9.17) is 22.1 Å². The van der Waals surface area contributed by atoms with Crippen molar-refractivity contribution in [1.82, 2.24) is 0 Å². The third-order valence-corrected chi connectivity index (χ3v) is 1.94. The summed E-state index contributed by atoms with van der Waals surface area (Å²) in [6, 6.07) is 8.72. The Labute approximate surface area is 104 Å². The summed E-state index contributed by atoms with van der Waals surface area (Å²) in [4.78, 5) is 5.68. The molecule has 0 aliphatic carbocycles. The molecule has 0 aliphatic rings. The Morgan fingerprint density at radius 3 is 2.78 bits per heavy atom. The first-order valence-electron chi connectivity index (χ1n) is 5.03. The minimum absolute atomic E-state index is 0.0343. The van der Waals surface area contributed by atoms with Gasteiger partial charge in [-0.15, -0.1) is 0 Å². The summed E-state index contributed by atoms with van der Waals surface area (Å²) < 4.78 is 5.31. The summed E-state index contributed by atoms with van der Waals surface area (Å²) in [5, 5.41) is 12.0. The molecule has 0 radical (unpaired) electrons. The second-order valence-electron chi connectivity index (χ2n) is 3.13. The van der Waals surface area contributed by atoms with Gasteiger partial charge in [-0.05, 0) is 29.3 Å². The predicted octanol–water partition coefficient (Wildman–Crippen LogP) is 3.16. The third kappa shape index (κ3) is 4.28. The molecule has 0 atom stereocenters. The molecule has 1 aromatic rings. The molecular weight excluding hydrogens is 230 g/mol. The zero-order valence-electron chi connectivity index (χ0n) is 9.45. The maximum Gasteiger partial charge on any atom is 0.262 e. The normalized spacial score (nSPS) is 9.78. The SMILES string of the molecule is [C-]#[N+]C(C#N)=Cc1ccc(OCCN=[N+]=[N-])cc1. The molecule has 0 bridgehead atoms. The van der Waals surface area contributed by atoms with E-state index in [1.165, 1.54) is 6.08 Å². The van der Waals surface area contributed by atoms with Crippen LogP contribution in [0.5, 0.6) is 5.75 Å². The molecule has 0 saturated carbocycles. The minimum atomic E-state index is 0.0343. The van der Waals surface area contributed by atoms with Crippen molar-refractivity contribution < 1.29 is 4.74 Å². The van der Waals surface area contributed by atoms with E-state index < -0.39 is 0 Å². The number of hydrogen-bond donors (Lipinski definition) is 0. The van der Waals surface area contributed by atoms with Crippen molar-refractivity contribution in [3.05, 3.63) is 57.4 Å². The molecular formula is C12H9N5O.